The Morgan fingerprint density at radius 3 is 2.53 bits per heavy atom. The first-order chi connectivity index (χ1) is 6.95. The number of thiol groups is 1. The molecule has 1 rings (SSSR count). The van der Waals surface area contributed by atoms with Gasteiger partial charge < -0.3 is 0 Å². The van der Waals surface area contributed by atoms with E-state index in [2.05, 4.69) is 12.6 Å². The van der Waals surface area contributed by atoms with Crippen molar-refractivity contribution < 1.29 is 13.2 Å². The summed E-state index contributed by atoms with van der Waals surface area (Å²) in [4.78, 5) is 0. The number of alkyl halides is 3. The summed E-state index contributed by atoms with van der Waals surface area (Å²) in [6.45, 7) is 0. The van der Waals surface area contributed by atoms with Gasteiger partial charge in [-0.3, -0.25) is 0 Å². The van der Waals surface area contributed by atoms with Crippen LogP contribution in [0.15, 0.2) is 24.3 Å². The van der Waals surface area contributed by atoms with Crippen molar-refractivity contribution in [2.45, 2.75) is 6.18 Å². The number of halogens is 4. The molecule has 0 atom stereocenters. The molecule has 0 heterocycles. The molecule has 0 spiro atoms. The molecule has 1 aromatic carbocycles. The Morgan fingerprint density at radius 1 is 1.33 bits per heavy atom. The van der Waals surface area contributed by atoms with E-state index >= 15 is 0 Å². The van der Waals surface area contributed by atoms with Crippen molar-refractivity contribution >= 4 is 30.3 Å². The highest BCUT2D eigenvalue weighted by atomic mass is 35.5. The molecule has 15 heavy (non-hydrogen) atoms. The summed E-state index contributed by atoms with van der Waals surface area (Å²) in [5, 5.41) is 0.0744. The van der Waals surface area contributed by atoms with E-state index in [0.29, 0.717) is 5.75 Å². The van der Waals surface area contributed by atoms with Crippen LogP contribution in [0.3, 0.4) is 0 Å². The molecule has 0 amide bonds. The summed E-state index contributed by atoms with van der Waals surface area (Å²) in [5.41, 5.74) is -0.631. The summed E-state index contributed by atoms with van der Waals surface area (Å²) in [6.07, 6.45) is -1.46. The normalized spacial score (nSPS) is 12.3. The minimum atomic E-state index is -4.39. The molecule has 0 radical (unpaired) electrons. The lowest BCUT2D eigenvalue weighted by Crippen LogP contribution is -2.07. The van der Waals surface area contributed by atoms with Crippen LogP contribution in [0.4, 0.5) is 13.2 Å². The average Bonchev–Trinajstić information content (AvgIpc) is 2.14. The topological polar surface area (TPSA) is 0 Å². The van der Waals surface area contributed by atoms with Gasteiger partial charge in [0.15, 0.2) is 0 Å². The van der Waals surface area contributed by atoms with Gasteiger partial charge in [-0.05, 0) is 17.7 Å². The third-order valence-corrected chi connectivity index (χ3v) is 2.17. The zero-order valence-electron chi connectivity index (χ0n) is 7.55. The maximum absolute atomic E-state index is 12.5. The van der Waals surface area contributed by atoms with E-state index < -0.39 is 11.7 Å². The first-order valence-electron chi connectivity index (χ1n) is 4.09. The van der Waals surface area contributed by atoms with Gasteiger partial charge >= 0.3 is 6.18 Å². The molecule has 0 N–H and O–H groups in total. The zero-order valence-corrected chi connectivity index (χ0v) is 9.20. The van der Waals surface area contributed by atoms with Crippen molar-refractivity contribution in [3.8, 4) is 0 Å². The van der Waals surface area contributed by atoms with Gasteiger partial charge in [0.2, 0.25) is 0 Å². The maximum atomic E-state index is 12.5. The van der Waals surface area contributed by atoms with Gasteiger partial charge in [-0.15, -0.1) is 0 Å². The molecule has 0 saturated heterocycles. The number of benzene rings is 1. The Hall–Kier alpha value is -0.610. The lowest BCUT2D eigenvalue weighted by atomic mass is 10.1. The van der Waals surface area contributed by atoms with Crippen molar-refractivity contribution in [3.05, 3.63) is 40.4 Å². The highest BCUT2D eigenvalue weighted by molar-refractivity contribution is 7.80. The van der Waals surface area contributed by atoms with Gasteiger partial charge in [-0.25, -0.2) is 0 Å². The maximum Gasteiger partial charge on any atom is 0.417 e. The zero-order chi connectivity index (χ0) is 11.5. The molecule has 0 aliphatic rings. The van der Waals surface area contributed by atoms with E-state index in [0.717, 1.165) is 6.07 Å². The Kier molecular flexibility index (Phi) is 4.11. The van der Waals surface area contributed by atoms with Crippen LogP contribution in [0.5, 0.6) is 0 Å². The molecule has 5 heteroatoms. The van der Waals surface area contributed by atoms with Crippen LogP contribution in [0.1, 0.15) is 11.1 Å². The monoisotopic (exact) mass is 252 g/mol. The SMILES string of the molecule is FC(F)(F)c1cc(Cl)ccc1C=CCS. The van der Waals surface area contributed by atoms with Crippen molar-refractivity contribution in [1.29, 1.82) is 0 Å². The van der Waals surface area contributed by atoms with E-state index in [-0.39, 0.29) is 10.6 Å². The fourth-order valence-electron chi connectivity index (χ4n) is 1.10. The summed E-state index contributed by atoms with van der Waals surface area (Å²) >= 11 is 9.40. The molecule has 0 saturated carbocycles. The Bertz CT molecular complexity index is 371. The van der Waals surface area contributed by atoms with Crippen LogP contribution < -0.4 is 0 Å². The Balaban J connectivity index is 3.21. The van der Waals surface area contributed by atoms with Crippen molar-refractivity contribution in [2.24, 2.45) is 0 Å². The van der Waals surface area contributed by atoms with E-state index in [9.17, 15) is 13.2 Å². The van der Waals surface area contributed by atoms with Crippen LogP contribution in [0, 0.1) is 0 Å². The van der Waals surface area contributed by atoms with Crippen LogP contribution >= 0.6 is 24.2 Å². The third kappa shape index (κ3) is 3.47. The molecule has 0 aliphatic heterocycles. The van der Waals surface area contributed by atoms with E-state index in [4.69, 9.17) is 11.6 Å². The van der Waals surface area contributed by atoms with Crippen molar-refractivity contribution in [2.75, 3.05) is 5.75 Å². The quantitative estimate of drug-likeness (QED) is 0.746. The van der Waals surface area contributed by atoms with Gasteiger partial charge in [-0.1, -0.05) is 29.8 Å². The fourth-order valence-corrected chi connectivity index (χ4v) is 1.38. The summed E-state index contributed by atoms with van der Waals surface area (Å²) in [7, 11) is 0. The van der Waals surface area contributed by atoms with Gasteiger partial charge in [0.1, 0.15) is 0 Å². The smallest absolute Gasteiger partial charge is 0.175 e. The lowest BCUT2D eigenvalue weighted by Gasteiger charge is -2.10. The molecule has 0 bridgehead atoms. The molecule has 0 aromatic heterocycles. The third-order valence-electron chi connectivity index (χ3n) is 1.72. The average molecular weight is 253 g/mol. The Morgan fingerprint density at radius 2 is 2.00 bits per heavy atom. The Labute approximate surface area is 96.2 Å². The van der Waals surface area contributed by atoms with Gasteiger partial charge in [0.25, 0.3) is 0 Å². The summed E-state index contributed by atoms with van der Waals surface area (Å²) < 4.78 is 37.6. The molecule has 1 aromatic rings. The number of hydrogen-bond acceptors (Lipinski definition) is 1. The summed E-state index contributed by atoms with van der Waals surface area (Å²) in [6, 6.07) is 3.68. The van der Waals surface area contributed by atoms with Crippen molar-refractivity contribution in [1.82, 2.24) is 0 Å². The predicted octanol–water partition coefficient (Wildman–Crippen LogP) is 4.30. The minimum absolute atomic E-state index is 0.0744. The van der Waals surface area contributed by atoms with Gasteiger partial charge in [-0.2, -0.15) is 25.8 Å². The first-order valence-corrected chi connectivity index (χ1v) is 5.10. The van der Waals surface area contributed by atoms with Crippen LogP contribution in [0.2, 0.25) is 5.02 Å². The molecule has 0 fully saturated rings. The fraction of sp³-hybridized carbons (Fsp3) is 0.200. The molecule has 0 nitrogen and oxygen atoms in total. The van der Waals surface area contributed by atoms with E-state index in [1.54, 1.807) is 6.08 Å². The first kappa shape index (κ1) is 12.5. The molecule has 0 aliphatic carbocycles. The number of hydrogen-bond donors (Lipinski definition) is 1. The second kappa shape index (κ2) is 4.94. The molecule has 0 unspecified atom stereocenters. The lowest BCUT2D eigenvalue weighted by molar-refractivity contribution is -0.137. The second-order valence-corrected chi connectivity index (χ2v) is 3.62. The van der Waals surface area contributed by atoms with Crippen molar-refractivity contribution in [3.63, 3.8) is 0 Å². The van der Waals surface area contributed by atoms with Crippen LogP contribution in [-0.2, 0) is 6.18 Å². The van der Waals surface area contributed by atoms with E-state index in [1.807, 2.05) is 0 Å². The highest BCUT2D eigenvalue weighted by Gasteiger charge is 2.32. The predicted molar refractivity (Wildman–Crippen MR) is 59.3 cm³/mol. The molecule has 82 valence electrons. The van der Waals surface area contributed by atoms with Gasteiger partial charge in [0.05, 0.1) is 5.56 Å². The summed E-state index contributed by atoms with van der Waals surface area (Å²) in [5.74, 6) is 0.389. The highest BCUT2D eigenvalue weighted by Crippen LogP contribution is 2.34. The van der Waals surface area contributed by atoms with Crippen LogP contribution in [-0.4, -0.2) is 5.75 Å². The minimum Gasteiger partial charge on any atom is -0.175 e. The largest absolute Gasteiger partial charge is 0.417 e. The second-order valence-electron chi connectivity index (χ2n) is 2.81. The standard InChI is InChI=1S/C10H8ClF3S/c11-8-4-3-7(2-1-5-15)9(6-8)10(12,13)14/h1-4,6,15H,5H2. The van der Waals surface area contributed by atoms with Crippen LogP contribution in [0.25, 0.3) is 6.08 Å². The molecular formula is C10H8ClF3S. The van der Waals surface area contributed by atoms with E-state index in [1.165, 1.54) is 18.2 Å². The van der Waals surface area contributed by atoms with Gasteiger partial charge in [0, 0.05) is 10.8 Å². The molecular weight excluding hydrogens is 245 g/mol. The number of rotatable bonds is 2.